The largest absolute Gasteiger partial charge is 0.422 e. The zero-order chi connectivity index (χ0) is 25.5. The van der Waals surface area contributed by atoms with Crippen LogP contribution in [-0.2, 0) is 6.42 Å². The molecule has 1 saturated heterocycles. The average molecular weight is 515 g/mol. The molecule has 8 nitrogen and oxygen atoms in total. The summed E-state index contributed by atoms with van der Waals surface area (Å²) < 4.78 is 42.3. The summed E-state index contributed by atoms with van der Waals surface area (Å²) in [7, 11) is 1.45. The highest BCUT2D eigenvalue weighted by Gasteiger charge is 2.57. The smallest absolute Gasteiger partial charge is 0.375 e. The van der Waals surface area contributed by atoms with E-state index in [1.165, 1.54) is 25.2 Å². The zero-order valence-corrected chi connectivity index (χ0v) is 20.7. The second-order valence-corrected chi connectivity index (χ2v) is 9.55. The number of piperidine rings is 1. The Hall–Kier alpha value is -2.50. The monoisotopic (exact) mass is 514 g/mol. The molecule has 192 valence electrons. The molecule has 0 bridgehead atoms. The molecule has 2 aliphatic rings. The molecule has 0 aliphatic carbocycles. The van der Waals surface area contributed by atoms with Gasteiger partial charge < -0.3 is 10.0 Å². The summed E-state index contributed by atoms with van der Waals surface area (Å²) in [5, 5.41) is 13.6. The van der Waals surface area contributed by atoms with Gasteiger partial charge in [0, 0.05) is 39.1 Å². The lowest BCUT2D eigenvalue weighted by molar-refractivity contribution is -0.251. The number of pyridine rings is 1. The van der Waals surface area contributed by atoms with Crippen molar-refractivity contribution in [1.82, 2.24) is 29.8 Å². The maximum atomic E-state index is 13.5. The Kier molecular flexibility index (Phi) is 6.96. The lowest BCUT2D eigenvalue weighted by Gasteiger charge is -2.34. The number of aryl methyl sites for hydroxylation is 1. The first-order chi connectivity index (χ1) is 16.5. The molecule has 1 atom stereocenters. The fourth-order valence-electron chi connectivity index (χ4n) is 4.80. The Bertz CT molecular complexity index is 1130. The number of rotatable bonds is 6. The van der Waals surface area contributed by atoms with Gasteiger partial charge in [-0.05, 0) is 43.7 Å². The number of nitrogens with one attached hydrogen (secondary N) is 1. The van der Waals surface area contributed by atoms with Crippen LogP contribution in [0.1, 0.15) is 49.3 Å². The van der Waals surface area contributed by atoms with Crippen LogP contribution in [0, 0.1) is 5.92 Å². The number of hydrogen-bond donors (Lipinski definition) is 2. The maximum Gasteiger partial charge on any atom is 0.422 e. The van der Waals surface area contributed by atoms with Crippen molar-refractivity contribution >= 4 is 23.2 Å². The molecule has 2 N–H and O–H groups in total. The number of carbonyl (C=O) groups is 1. The molecular formula is C23H30ClF3N6O2. The van der Waals surface area contributed by atoms with Gasteiger partial charge in [0.25, 0.3) is 5.91 Å². The first kappa shape index (κ1) is 25.6. The number of amides is 1. The molecule has 35 heavy (non-hydrogen) atoms. The number of imidazole rings is 1. The van der Waals surface area contributed by atoms with Crippen molar-refractivity contribution in [2.75, 3.05) is 26.7 Å². The molecule has 0 aromatic carbocycles. The molecule has 1 fully saturated rings. The van der Waals surface area contributed by atoms with Crippen LogP contribution < -0.4 is 5.53 Å². The van der Waals surface area contributed by atoms with E-state index in [2.05, 4.69) is 10.5 Å². The van der Waals surface area contributed by atoms with Crippen LogP contribution in [0.5, 0.6) is 0 Å². The van der Waals surface area contributed by atoms with E-state index in [1.54, 1.807) is 32.6 Å². The van der Waals surface area contributed by atoms with E-state index in [4.69, 9.17) is 11.6 Å². The molecule has 2 aromatic heterocycles. The SMILES string of the molecule is CCc1nc2ccc(Cl)cn2c1C(=O)N1CCC(CN2C=C(C(O)(CC)C(F)(F)F)N(C)N2)CC1. The summed E-state index contributed by atoms with van der Waals surface area (Å²) in [6.07, 6.45) is -0.242. The topological polar surface area (TPSA) is 76.4 Å². The fraction of sp³-hybridized carbons (Fsp3) is 0.565. The number of halogens is 4. The van der Waals surface area contributed by atoms with E-state index in [9.17, 15) is 23.1 Å². The molecule has 1 unspecified atom stereocenters. The number of alkyl halides is 3. The number of likely N-dealkylation sites (tertiary alicyclic amines) is 1. The molecule has 0 spiro atoms. The second kappa shape index (κ2) is 9.51. The number of carbonyl (C=O) groups excluding carboxylic acids is 1. The van der Waals surface area contributed by atoms with E-state index in [0.717, 1.165) is 5.69 Å². The Morgan fingerprint density at radius 2 is 1.94 bits per heavy atom. The standard InChI is InChI=1S/C23H30ClF3N6O2/c1-4-17-20(33-13-16(24)6-7-19(33)28-17)21(34)31-10-8-15(9-11-31)12-32-14-18(30(3)29-32)22(35,5-2)23(25,26)27/h6-7,13-15,29,35H,4-5,8-12H2,1-3H3. The Morgan fingerprint density at radius 3 is 2.54 bits per heavy atom. The molecule has 12 heteroatoms. The van der Waals surface area contributed by atoms with Crippen molar-refractivity contribution in [3.63, 3.8) is 0 Å². The van der Waals surface area contributed by atoms with Crippen LogP contribution in [0.3, 0.4) is 0 Å². The summed E-state index contributed by atoms with van der Waals surface area (Å²) in [6.45, 7) is 4.77. The van der Waals surface area contributed by atoms with Crippen molar-refractivity contribution in [2.45, 2.75) is 51.3 Å². The van der Waals surface area contributed by atoms with E-state index in [-0.39, 0.29) is 17.5 Å². The maximum absolute atomic E-state index is 13.5. The summed E-state index contributed by atoms with van der Waals surface area (Å²) in [4.78, 5) is 19.7. The summed E-state index contributed by atoms with van der Waals surface area (Å²) in [6, 6.07) is 3.52. The van der Waals surface area contributed by atoms with Crippen LogP contribution in [0.25, 0.3) is 5.65 Å². The minimum absolute atomic E-state index is 0.102. The minimum Gasteiger partial charge on any atom is -0.375 e. The van der Waals surface area contributed by atoms with Crippen LogP contribution in [0.2, 0.25) is 5.02 Å². The third-order valence-electron chi connectivity index (χ3n) is 6.87. The zero-order valence-electron chi connectivity index (χ0n) is 19.9. The predicted octanol–water partition coefficient (Wildman–Crippen LogP) is 3.61. The summed E-state index contributed by atoms with van der Waals surface area (Å²) in [5.41, 5.74) is 1.61. The van der Waals surface area contributed by atoms with Crippen molar-refractivity contribution < 1.29 is 23.1 Å². The first-order valence-electron chi connectivity index (χ1n) is 11.7. The number of aliphatic hydroxyl groups is 1. The quantitative estimate of drug-likeness (QED) is 0.613. The first-order valence-corrected chi connectivity index (χ1v) is 12.1. The molecule has 1 amide bonds. The Morgan fingerprint density at radius 1 is 1.26 bits per heavy atom. The van der Waals surface area contributed by atoms with Gasteiger partial charge in [0.1, 0.15) is 11.3 Å². The normalized spacial score (nSPS) is 19.4. The number of likely N-dealkylation sites (N-methyl/N-ethyl adjacent to an activating group) is 1. The molecule has 2 aliphatic heterocycles. The number of hydrazine groups is 2. The number of fused-ring (bicyclic) bond motifs is 1. The van der Waals surface area contributed by atoms with Crippen molar-refractivity contribution in [3.05, 3.63) is 46.6 Å². The van der Waals surface area contributed by atoms with Gasteiger partial charge in [-0.2, -0.15) is 13.2 Å². The van der Waals surface area contributed by atoms with Crippen molar-refractivity contribution in [1.29, 1.82) is 0 Å². The van der Waals surface area contributed by atoms with E-state index in [0.29, 0.717) is 55.3 Å². The van der Waals surface area contributed by atoms with E-state index >= 15 is 0 Å². The van der Waals surface area contributed by atoms with Gasteiger partial charge in [-0.3, -0.25) is 19.2 Å². The van der Waals surface area contributed by atoms with Crippen molar-refractivity contribution in [3.8, 4) is 0 Å². The van der Waals surface area contributed by atoms with Gasteiger partial charge in [-0.25, -0.2) is 4.98 Å². The van der Waals surface area contributed by atoms with Gasteiger partial charge >= 0.3 is 6.18 Å². The third kappa shape index (κ3) is 4.68. The highest BCUT2D eigenvalue weighted by atomic mass is 35.5. The second-order valence-electron chi connectivity index (χ2n) is 9.11. The third-order valence-corrected chi connectivity index (χ3v) is 7.09. The molecule has 0 radical (unpaired) electrons. The molecular weight excluding hydrogens is 485 g/mol. The van der Waals surface area contributed by atoms with Crippen molar-refractivity contribution in [2.24, 2.45) is 5.92 Å². The number of aromatic nitrogens is 2. The minimum atomic E-state index is -4.79. The van der Waals surface area contributed by atoms with E-state index < -0.39 is 18.2 Å². The van der Waals surface area contributed by atoms with E-state index in [1.807, 2.05) is 6.92 Å². The van der Waals surface area contributed by atoms with Crippen LogP contribution in [0.15, 0.2) is 30.2 Å². The predicted molar refractivity (Wildman–Crippen MR) is 125 cm³/mol. The van der Waals surface area contributed by atoms with Gasteiger partial charge in [0.15, 0.2) is 0 Å². The molecule has 2 aromatic rings. The molecule has 0 saturated carbocycles. The summed E-state index contributed by atoms with van der Waals surface area (Å²) >= 11 is 6.15. The Labute approximate surface area is 206 Å². The van der Waals surface area contributed by atoms with Crippen LogP contribution >= 0.6 is 11.6 Å². The Balaban J connectivity index is 1.42. The van der Waals surface area contributed by atoms with Gasteiger partial charge in [0.2, 0.25) is 5.60 Å². The highest BCUT2D eigenvalue weighted by Crippen LogP contribution is 2.40. The average Bonchev–Trinajstić information content (AvgIpc) is 3.37. The van der Waals surface area contributed by atoms with Crippen LogP contribution in [-0.4, -0.2) is 73.8 Å². The van der Waals surface area contributed by atoms with Gasteiger partial charge in [-0.1, -0.05) is 25.4 Å². The van der Waals surface area contributed by atoms with Gasteiger partial charge in [-0.15, -0.1) is 5.53 Å². The van der Waals surface area contributed by atoms with Gasteiger partial charge in [0.05, 0.1) is 16.4 Å². The number of hydrogen-bond acceptors (Lipinski definition) is 6. The summed E-state index contributed by atoms with van der Waals surface area (Å²) in [5.74, 6) is 0.0629. The fourth-order valence-corrected chi connectivity index (χ4v) is 4.96. The number of nitrogens with zero attached hydrogens (tertiary/aromatic N) is 5. The molecule has 4 rings (SSSR count). The lowest BCUT2D eigenvalue weighted by Crippen LogP contribution is -2.51. The highest BCUT2D eigenvalue weighted by molar-refractivity contribution is 6.30. The molecule has 4 heterocycles. The van der Waals surface area contributed by atoms with Crippen LogP contribution in [0.4, 0.5) is 13.2 Å². The lowest BCUT2D eigenvalue weighted by atomic mass is 9.95.